The summed E-state index contributed by atoms with van der Waals surface area (Å²) in [6.45, 7) is 5.69. The van der Waals surface area contributed by atoms with Crippen LogP contribution < -0.4 is 9.64 Å². The molecule has 1 heterocycles. The lowest BCUT2D eigenvalue weighted by molar-refractivity contribution is 0.0746. The van der Waals surface area contributed by atoms with Crippen LogP contribution in [-0.4, -0.2) is 43.6 Å². The van der Waals surface area contributed by atoms with Gasteiger partial charge in [0.2, 0.25) is 0 Å². The van der Waals surface area contributed by atoms with Gasteiger partial charge in [-0.05, 0) is 37.3 Å². The second-order valence-electron chi connectivity index (χ2n) is 5.69. The predicted molar refractivity (Wildman–Crippen MR) is 99.9 cm³/mol. The van der Waals surface area contributed by atoms with E-state index in [1.54, 1.807) is 0 Å². The lowest BCUT2D eigenvalue weighted by Crippen LogP contribution is -2.48. The van der Waals surface area contributed by atoms with E-state index < -0.39 is 0 Å². The summed E-state index contributed by atoms with van der Waals surface area (Å²) in [6.07, 6.45) is 0. The molecule has 0 aromatic heterocycles. The van der Waals surface area contributed by atoms with Crippen LogP contribution >= 0.6 is 15.9 Å². The molecule has 24 heavy (non-hydrogen) atoms. The number of ether oxygens (including phenoxy) is 1. The maximum atomic E-state index is 12.6. The fraction of sp³-hybridized carbons (Fsp3) is 0.316. The van der Waals surface area contributed by atoms with Gasteiger partial charge in [0.05, 0.1) is 12.3 Å². The summed E-state index contributed by atoms with van der Waals surface area (Å²) in [5, 5.41) is 0. The highest BCUT2D eigenvalue weighted by Crippen LogP contribution is 2.29. The number of nitrogens with zero attached hydrogens (tertiary/aromatic N) is 2. The van der Waals surface area contributed by atoms with Gasteiger partial charge in [-0.15, -0.1) is 0 Å². The maximum Gasteiger partial charge on any atom is 0.254 e. The molecule has 0 saturated carbocycles. The minimum atomic E-state index is 0.0917. The Balaban J connectivity index is 1.67. The van der Waals surface area contributed by atoms with Gasteiger partial charge in [0.25, 0.3) is 5.91 Å². The molecule has 0 bridgehead atoms. The van der Waals surface area contributed by atoms with Crippen LogP contribution in [0.4, 0.5) is 5.69 Å². The molecule has 0 radical (unpaired) electrons. The first-order chi connectivity index (χ1) is 11.7. The summed E-state index contributed by atoms with van der Waals surface area (Å²) in [5.41, 5.74) is 1.83. The molecule has 0 aliphatic carbocycles. The molecule has 3 rings (SSSR count). The average Bonchev–Trinajstić information content (AvgIpc) is 2.62. The molecule has 2 aromatic rings. The first kappa shape index (κ1) is 16.8. The molecule has 126 valence electrons. The zero-order chi connectivity index (χ0) is 16.9. The number of hydrogen-bond acceptors (Lipinski definition) is 3. The fourth-order valence-electron chi connectivity index (χ4n) is 2.95. The molecule has 1 saturated heterocycles. The summed E-state index contributed by atoms with van der Waals surface area (Å²) in [4.78, 5) is 16.8. The highest BCUT2D eigenvalue weighted by molar-refractivity contribution is 9.10. The number of carbonyl (C=O) groups excluding carboxylic acids is 1. The van der Waals surface area contributed by atoms with Crippen LogP contribution in [0.25, 0.3) is 0 Å². The van der Waals surface area contributed by atoms with E-state index in [1.807, 2.05) is 54.3 Å². The van der Waals surface area contributed by atoms with E-state index in [-0.39, 0.29) is 5.91 Å². The number of hydrogen-bond donors (Lipinski definition) is 0. The molecule has 1 aliphatic heterocycles. The molecule has 1 fully saturated rings. The van der Waals surface area contributed by atoms with Crippen molar-refractivity contribution < 1.29 is 9.53 Å². The second kappa shape index (κ2) is 7.71. The Kier molecular flexibility index (Phi) is 5.41. The van der Waals surface area contributed by atoms with Crippen molar-refractivity contribution in [2.75, 3.05) is 37.7 Å². The third-order valence-electron chi connectivity index (χ3n) is 4.14. The van der Waals surface area contributed by atoms with Crippen molar-refractivity contribution in [3.05, 3.63) is 58.6 Å². The van der Waals surface area contributed by atoms with Crippen LogP contribution in [0.15, 0.2) is 53.0 Å². The van der Waals surface area contributed by atoms with Crippen molar-refractivity contribution in [1.82, 2.24) is 4.90 Å². The zero-order valence-corrected chi connectivity index (χ0v) is 15.3. The Labute approximate surface area is 151 Å². The maximum absolute atomic E-state index is 12.6. The van der Waals surface area contributed by atoms with Gasteiger partial charge in [0.15, 0.2) is 0 Å². The minimum Gasteiger partial charge on any atom is -0.492 e. The third-order valence-corrected chi connectivity index (χ3v) is 4.64. The molecule has 0 spiro atoms. The zero-order valence-electron chi connectivity index (χ0n) is 13.7. The predicted octanol–water partition coefficient (Wildman–Crippen LogP) is 3.81. The smallest absolute Gasteiger partial charge is 0.254 e. The SMILES string of the molecule is CCOc1ccccc1N1CCN(C(=O)c2cccc(Br)c2)CC1. The molecule has 2 aromatic carbocycles. The number of anilines is 1. The highest BCUT2D eigenvalue weighted by atomic mass is 79.9. The second-order valence-corrected chi connectivity index (χ2v) is 6.61. The molecule has 0 atom stereocenters. The largest absolute Gasteiger partial charge is 0.492 e. The Morgan fingerprint density at radius 2 is 1.83 bits per heavy atom. The molecule has 0 N–H and O–H groups in total. The normalized spacial score (nSPS) is 14.6. The van der Waals surface area contributed by atoms with Gasteiger partial charge in [-0.1, -0.05) is 34.1 Å². The van der Waals surface area contributed by atoms with Gasteiger partial charge < -0.3 is 14.5 Å². The number of para-hydroxylation sites is 2. The van der Waals surface area contributed by atoms with E-state index in [1.165, 1.54) is 0 Å². The number of amides is 1. The topological polar surface area (TPSA) is 32.8 Å². The van der Waals surface area contributed by atoms with E-state index in [2.05, 4.69) is 26.9 Å². The minimum absolute atomic E-state index is 0.0917. The van der Waals surface area contributed by atoms with Crippen LogP contribution in [-0.2, 0) is 0 Å². The van der Waals surface area contributed by atoms with Crippen molar-refractivity contribution in [3.8, 4) is 5.75 Å². The van der Waals surface area contributed by atoms with Gasteiger partial charge in [-0.25, -0.2) is 0 Å². The summed E-state index contributed by atoms with van der Waals surface area (Å²) in [5.74, 6) is 1.00. The fourth-order valence-corrected chi connectivity index (χ4v) is 3.35. The lowest BCUT2D eigenvalue weighted by Gasteiger charge is -2.36. The Morgan fingerprint density at radius 3 is 2.54 bits per heavy atom. The van der Waals surface area contributed by atoms with Crippen LogP contribution in [0.2, 0.25) is 0 Å². The summed E-state index contributed by atoms with van der Waals surface area (Å²) >= 11 is 3.42. The molecular weight excluding hydrogens is 368 g/mol. The molecule has 0 unspecified atom stereocenters. The van der Waals surface area contributed by atoms with Crippen molar-refractivity contribution in [3.63, 3.8) is 0 Å². The van der Waals surface area contributed by atoms with Crippen LogP contribution in [0, 0.1) is 0 Å². The number of carbonyl (C=O) groups is 1. The molecule has 1 amide bonds. The van der Waals surface area contributed by atoms with Crippen molar-refractivity contribution in [2.24, 2.45) is 0 Å². The number of piperazine rings is 1. The number of benzene rings is 2. The van der Waals surface area contributed by atoms with Gasteiger partial charge in [0.1, 0.15) is 5.75 Å². The van der Waals surface area contributed by atoms with Crippen molar-refractivity contribution in [2.45, 2.75) is 6.92 Å². The van der Waals surface area contributed by atoms with Crippen molar-refractivity contribution in [1.29, 1.82) is 0 Å². The van der Waals surface area contributed by atoms with Crippen LogP contribution in [0.3, 0.4) is 0 Å². The number of rotatable bonds is 4. The molecule has 1 aliphatic rings. The Bertz CT molecular complexity index is 712. The summed E-state index contributed by atoms with van der Waals surface area (Å²) < 4.78 is 6.65. The first-order valence-electron chi connectivity index (χ1n) is 8.20. The van der Waals surface area contributed by atoms with Gasteiger partial charge >= 0.3 is 0 Å². The lowest BCUT2D eigenvalue weighted by atomic mass is 10.1. The monoisotopic (exact) mass is 388 g/mol. The van der Waals surface area contributed by atoms with E-state index in [4.69, 9.17) is 4.74 Å². The van der Waals surface area contributed by atoms with E-state index in [0.717, 1.165) is 34.6 Å². The molecule has 5 heteroatoms. The van der Waals surface area contributed by atoms with Crippen molar-refractivity contribution >= 4 is 27.5 Å². The van der Waals surface area contributed by atoms with E-state index in [0.29, 0.717) is 19.7 Å². The number of halogens is 1. The summed E-state index contributed by atoms with van der Waals surface area (Å²) in [6, 6.07) is 15.7. The highest BCUT2D eigenvalue weighted by Gasteiger charge is 2.23. The molecular formula is C19H21BrN2O2. The first-order valence-corrected chi connectivity index (χ1v) is 9.00. The quantitative estimate of drug-likeness (QED) is 0.797. The van der Waals surface area contributed by atoms with E-state index in [9.17, 15) is 4.79 Å². The van der Waals surface area contributed by atoms with Gasteiger partial charge in [0, 0.05) is 36.2 Å². The van der Waals surface area contributed by atoms with Gasteiger partial charge in [-0.3, -0.25) is 4.79 Å². The molecule has 4 nitrogen and oxygen atoms in total. The van der Waals surface area contributed by atoms with Crippen LogP contribution in [0.1, 0.15) is 17.3 Å². The average molecular weight is 389 g/mol. The Hall–Kier alpha value is -2.01. The van der Waals surface area contributed by atoms with Gasteiger partial charge in [-0.2, -0.15) is 0 Å². The van der Waals surface area contributed by atoms with E-state index >= 15 is 0 Å². The third kappa shape index (κ3) is 3.73. The summed E-state index contributed by atoms with van der Waals surface area (Å²) in [7, 11) is 0. The Morgan fingerprint density at radius 1 is 1.08 bits per heavy atom. The standard InChI is InChI=1S/C19H21BrN2O2/c1-2-24-18-9-4-3-8-17(18)21-10-12-22(13-11-21)19(23)15-6-5-7-16(20)14-15/h3-9,14H,2,10-13H2,1H3. The van der Waals surface area contributed by atoms with Crippen LogP contribution in [0.5, 0.6) is 5.75 Å².